The van der Waals surface area contributed by atoms with Gasteiger partial charge in [-0.3, -0.25) is 4.68 Å². The zero-order valence-electron chi connectivity index (χ0n) is 13.0. The highest BCUT2D eigenvalue weighted by atomic mass is 16.5. The molecule has 2 N–H and O–H groups in total. The van der Waals surface area contributed by atoms with Gasteiger partial charge >= 0.3 is 6.01 Å². The number of hydrogen-bond donors (Lipinski definition) is 2. The lowest BCUT2D eigenvalue weighted by molar-refractivity contribution is 0.0916. The number of aliphatic hydroxyl groups is 2. The van der Waals surface area contributed by atoms with Crippen LogP contribution < -0.4 is 14.4 Å². The molecule has 0 amide bonds. The summed E-state index contributed by atoms with van der Waals surface area (Å²) in [5.41, 5.74) is 1.41. The van der Waals surface area contributed by atoms with Gasteiger partial charge in [-0.1, -0.05) is 0 Å². The molecule has 3 heterocycles. The molecule has 9 nitrogen and oxygen atoms in total. The van der Waals surface area contributed by atoms with Gasteiger partial charge in [0.2, 0.25) is 5.88 Å². The lowest BCUT2D eigenvalue weighted by Crippen LogP contribution is -2.34. The molecule has 1 aliphatic heterocycles. The molecule has 0 bridgehead atoms. The van der Waals surface area contributed by atoms with E-state index in [2.05, 4.69) is 20.0 Å². The van der Waals surface area contributed by atoms with E-state index in [1.807, 2.05) is 4.68 Å². The predicted molar refractivity (Wildman–Crippen MR) is 80.5 cm³/mol. The molecule has 0 aliphatic carbocycles. The molecule has 3 rings (SSSR count). The Bertz CT molecular complexity index is 668. The highest BCUT2D eigenvalue weighted by molar-refractivity contribution is 5.44. The van der Waals surface area contributed by atoms with Gasteiger partial charge in [0.05, 0.1) is 45.3 Å². The number of anilines is 1. The van der Waals surface area contributed by atoms with Crippen molar-refractivity contribution in [1.82, 2.24) is 19.7 Å². The number of rotatable bonds is 5. The van der Waals surface area contributed by atoms with E-state index in [-0.39, 0.29) is 12.6 Å². The van der Waals surface area contributed by atoms with Crippen LogP contribution in [0.25, 0.3) is 0 Å². The van der Waals surface area contributed by atoms with Crippen LogP contribution in [0.15, 0.2) is 12.1 Å². The van der Waals surface area contributed by atoms with Crippen LogP contribution >= 0.6 is 0 Å². The minimum atomic E-state index is -0.958. The van der Waals surface area contributed by atoms with Crippen molar-refractivity contribution in [3.8, 4) is 11.9 Å². The van der Waals surface area contributed by atoms with E-state index in [4.69, 9.17) is 14.6 Å². The molecular weight excluding hydrogens is 302 g/mol. The van der Waals surface area contributed by atoms with E-state index >= 15 is 0 Å². The third kappa shape index (κ3) is 3.06. The fourth-order valence-electron chi connectivity index (χ4n) is 2.49. The van der Waals surface area contributed by atoms with Crippen LogP contribution in [0.5, 0.6) is 11.9 Å². The zero-order chi connectivity index (χ0) is 16.4. The zero-order valence-corrected chi connectivity index (χ0v) is 13.0. The number of fused-ring (bicyclic) bond motifs is 1. The van der Waals surface area contributed by atoms with Gasteiger partial charge in [0, 0.05) is 12.6 Å². The SMILES string of the molecule is COc1cc(N2CCn3nc([C@H](O)CO)cc3C2)nc(OC)n1. The number of methoxy groups -OCH3 is 2. The molecule has 1 atom stereocenters. The van der Waals surface area contributed by atoms with Crippen LogP contribution in [0.4, 0.5) is 5.82 Å². The Morgan fingerprint density at radius 1 is 1.22 bits per heavy atom. The van der Waals surface area contributed by atoms with E-state index in [1.165, 1.54) is 7.11 Å². The van der Waals surface area contributed by atoms with Gasteiger partial charge in [0.15, 0.2) is 0 Å². The van der Waals surface area contributed by atoms with Crippen LogP contribution in [0, 0.1) is 0 Å². The molecule has 0 radical (unpaired) electrons. The Hall–Kier alpha value is -2.39. The largest absolute Gasteiger partial charge is 0.481 e. The Morgan fingerprint density at radius 2 is 2.04 bits per heavy atom. The molecule has 1 aliphatic rings. The Kier molecular flexibility index (Phi) is 4.30. The summed E-state index contributed by atoms with van der Waals surface area (Å²) in [6.07, 6.45) is -0.958. The lowest BCUT2D eigenvalue weighted by atomic mass is 10.2. The monoisotopic (exact) mass is 321 g/mol. The summed E-state index contributed by atoms with van der Waals surface area (Å²) in [6, 6.07) is 3.79. The molecule has 0 fully saturated rings. The minimum Gasteiger partial charge on any atom is -0.481 e. The minimum absolute atomic E-state index is 0.245. The van der Waals surface area contributed by atoms with Crippen LogP contribution in [-0.4, -0.2) is 57.3 Å². The third-order valence-electron chi connectivity index (χ3n) is 3.72. The number of aromatic nitrogens is 4. The molecule has 2 aromatic heterocycles. The van der Waals surface area contributed by atoms with E-state index < -0.39 is 6.10 Å². The summed E-state index contributed by atoms with van der Waals surface area (Å²) in [6.45, 7) is 1.59. The molecule has 0 spiro atoms. The van der Waals surface area contributed by atoms with Crippen LogP contribution in [0.3, 0.4) is 0 Å². The smallest absolute Gasteiger partial charge is 0.321 e. The highest BCUT2D eigenvalue weighted by Gasteiger charge is 2.22. The van der Waals surface area contributed by atoms with Crippen molar-refractivity contribution >= 4 is 5.82 Å². The van der Waals surface area contributed by atoms with Crippen molar-refractivity contribution in [3.05, 3.63) is 23.5 Å². The summed E-state index contributed by atoms with van der Waals surface area (Å²) < 4.78 is 12.1. The topological polar surface area (TPSA) is 106 Å². The molecule has 0 saturated carbocycles. The van der Waals surface area contributed by atoms with Gasteiger partial charge < -0.3 is 24.6 Å². The fraction of sp³-hybridized carbons (Fsp3) is 0.500. The fourth-order valence-corrected chi connectivity index (χ4v) is 2.49. The highest BCUT2D eigenvalue weighted by Crippen LogP contribution is 2.25. The van der Waals surface area contributed by atoms with Crippen molar-refractivity contribution in [1.29, 1.82) is 0 Å². The average molecular weight is 321 g/mol. The number of ether oxygens (including phenoxy) is 2. The van der Waals surface area contributed by atoms with E-state index in [0.717, 1.165) is 5.69 Å². The summed E-state index contributed by atoms with van der Waals surface area (Å²) in [7, 11) is 3.05. The van der Waals surface area contributed by atoms with Gasteiger partial charge in [0.1, 0.15) is 11.9 Å². The van der Waals surface area contributed by atoms with E-state index in [1.54, 1.807) is 19.2 Å². The second-order valence-corrected chi connectivity index (χ2v) is 5.16. The molecule has 0 aromatic carbocycles. The van der Waals surface area contributed by atoms with Crippen LogP contribution in [-0.2, 0) is 13.1 Å². The number of nitrogens with zero attached hydrogens (tertiary/aromatic N) is 5. The van der Waals surface area contributed by atoms with Crippen LogP contribution in [0.2, 0.25) is 0 Å². The van der Waals surface area contributed by atoms with Crippen molar-refractivity contribution < 1.29 is 19.7 Å². The molecule has 0 saturated heterocycles. The first-order valence-electron chi connectivity index (χ1n) is 7.22. The number of aliphatic hydroxyl groups excluding tert-OH is 2. The van der Waals surface area contributed by atoms with E-state index in [9.17, 15) is 5.11 Å². The molecule has 9 heteroatoms. The first-order valence-corrected chi connectivity index (χ1v) is 7.22. The quantitative estimate of drug-likeness (QED) is 0.776. The van der Waals surface area contributed by atoms with Crippen molar-refractivity contribution in [2.75, 3.05) is 32.3 Å². The lowest BCUT2D eigenvalue weighted by Gasteiger charge is -2.28. The summed E-state index contributed by atoms with van der Waals surface area (Å²) >= 11 is 0. The van der Waals surface area contributed by atoms with Gasteiger partial charge in [-0.05, 0) is 6.07 Å². The standard InChI is InChI=1S/C14H19N5O4/c1-22-13-6-12(15-14(16-13)23-2)18-3-4-19-9(7-18)5-10(17-19)11(21)8-20/h5-6,11,20-21H,3-4,7-8H2,1-2H3/t11-/m1/s1. The maximum atomic E-state index is 9.70. The molecule has 2 aromatic rings. The average Bonchev–Trinajstić information content (AvgIpc) is 3.03. The second kappa shape index (κ2) is 6.39. The molecule has 124 valence electrons. The third-order valence-corrected chi connectivity index (χ3v) is 3.72. The van der Waals surface area contributed by atoms with Gasteiger partial charge in [0.25, 0.3) is 0 Å². The van der Waals surface area contributed by atoms with Gasteiger partial charge in [-0.25, -0.2) is 0 Å². The van der Waals surface area contributed by atoms with E-state index in [0.29, 0.717) is 37.0 Å². The molecule has 23 heavy (non-hydrogen) atoms. The van der Waals surface area contributed by atoms with Crippen molar-refractivity contribution in [3.63, 3.8) is 0 Å². The molecular formula is C14H19N5O4. The number of hydrogen-bond acceptors (Lipinski definition) is 8. The first-order chi connectivity index (χ1) is 11.1. The van der Waals surface area contributed by atoms with Crippen LogP contribution in [0.1, 0.15) is 17.5 Å². The Morgan fingerprint density at radius 3 is 2.74 bits per heavy atom. The van der Waals surface area contributed by atoms with Gasteiger partial charge in [-0.2, -0.15) is 15.1 Å². The normalized spacial score (nSPS) is 15.2. The summed E-state index contributed by atoms with van der Waals surface area (Å²) in [5.74, 6) is 1.13. The molecule has 0 unspecified atom stereocenters. The van der Waals surface area contributed by atoms with Crippen molar-refractivity contribution in [2.24, 2.45) is 0 Å². The Balaban J connectivity index is 1.85. The van der Waals surface area contributed by atoms with Gasteiger partial charge in [-0.15, -0.1) is 0 Å². The summed E-state index contributed by atoms with van der Waals surface area (Å²) in [5, 5.41) is 23.1. The summed E-state index contributed by atoms with van der Waals surface area (Å²) in [4.78, 5) is 10.5. The maximum absolute atomic E-state index is 9.70. The Labute approximate surface area is 133 Å². The maximum Gasteiger partial charge on any atom is 0.321 e. The predicted octanol–water partition coefficient (Wildman–Crippen LogP) is -0.264. The van der Waals surface area contributed by atoms with Crippen molar-refractivity contribution in [2.45, 2.75) is 19.2 Å². The second-order valence-electron chi connectivity index (χ2n) is 5.16. The first kappa shape index (κ1) is 15.5.